The van der Waals surface area contributed by atoms with Gasteiger partial charge in [-0.25, -0.2) is 0 Å². The van der Waals surface area contributed by atoms with Crippen LogP contribution in [-0.4, -0.2) is 23.3 Å². The number of hydrogen-bond acceptors (Lipinski definition) is 3. The molecule has 0 heterocycles. The van der Waals surface area contributed by atoms with Gasteiger partial charge in [0.25, 0.3) is 0 Å². The zero-order valence-electron chi connectivity index (χ0n) is 32.6. The van der Waals surface area contributed by atoms with Crippen molar-refractivity contribution in [1.82, 2.24) is 0 Å². The molecule has 0 amide bonds. The number of rotatable bonds is 21. The molecular formula is C45H78O3. The Morgan fingerprint density at radius 2 is 1.50 bits per heavy atom. The molecule has 3 fully saturated rings. The summed E-state index contributed by atoms with van der Waals surface area (Å²) in [7, 11) is 0. The van der Waals surface area contributed by atoms with Crippen molar-refractivity contribution in [1.29, 1.82) is 0 Å². The summed E-state index contributed by atoms with van der Waals surface area (Å²) in [4.78, 5) is 12.8. The number of unbranched alkanes of at least 4 members (excludes halogenated alkanes) is 11. The molecule has 276 valence electrons. The molecule has 3 saturated carbocycles. The third-order valence-corrected chi connectivity index (χ3v) is 14.2. The van der Waals surface area contributed by atoms with Gasteiger partial charge in [-0.1, -0.05) is 136 Å². The average molecular weight is 667 g/mol. The summed E-state index contributed by atoms with van der Waals surface area (Å²) < 4.78 is 6.08. The van der Waals surface area contributed by atoms with Crippen molar-refractivity contribution < 1.29 is 14.6 Å². The number of hydrogen-bond donors (Lipinski definition) is 1. The normalized spacial score (nSPS) is 33.7. The predicted octanol–water partition coefficient (Wildman–Crippen LogP) is 12.9. The molecule has 48 heavy (non-hydrogen) atoms. The van der Waals surface area contributed by atoms with E-state index in [1.165, 1.54) is 121 Å². The second-order valence-corrected chi connectivity index (χ2v) is 18.1. The lowest BCUT2D eigenvalue weighted by atomic mass is 9.46. The minimum Gasteiger partial charge on any atom is -0.462 e. The zero-order valence-corrected chi connectivity index (χ0v) is 32.6. The Labute approximate surface area is 297 Å². The van der Waals surface area contributed by atoms with Crippen LogP contribution in [0.1, 0.15) is 196 Å². The van der Waals surface area contributed by atoms with Crippen molar-refractivity contribution in [3.05, 3.63) is 23.8 Å². The molecule has 0 aliphatic heterocycles. The first kappa shape index (κ1) is 39.7. The highest BCUT2D eigenvalue weighted by atomic mass is 16.5. The van der Waals surface area contributed by atoms with Gasteiger partial charge < -0.3 is 9.84 Å². The maximum Gasteiger partial charge on any atom is 0.306 e. The highest BCUT2D eigenvalue weighted by molar-refractivity contribution is 5.69. The molecule has 0 spiro atoms. The number of carbonyl (C=O) groups excluding carboxylic acids is 1. The third kappa shape index (κ3) is 10.5. The fourth-order valence-corrected chi connectivity index (χ4v) is 11.3. The first-order valence-corrected chi connectivity index (χ1v) is 21.3. The van der Waals surface area contributed by atoms with Crippen molar-refractivity contribution in [3.8, 4) is 0 Å². The number of aliphatic hydroxyl groups is 1. The molecule has 0 bridgehead atoms. The first-order valence-electron chi connectivity index (χ1n) is 21.3. The minimum atomic E-state index is -0.344. The van der Waals surface area contributed by atoms with Crippen LogP contribution in [0.15, 0.2) is 23.8 Å². The number of aliphatic hydroxyl groups excluding tert-OH is 1. The smallest absolute Gasteiger partial charge is 0.306 e. The molecule has 0 aromatic carbocycles. The van der Waals surface area contributed by atoms with E-state index >= 15 is 0 Å². The van der Waals surface area contributed by atoms with Gasteiger partial charge >= 0.3 is 5.97 Å². The Bertz CT molecular complexity index is 1010. The first-order chi connectivity index (χ1) is 23.1. The number of allylic oxidation sites excluding steroid dienone is 2. The zero-order chi connectivity index (χ0) is 34.6. The quantitative estimate of drug-likeness (QED) is 0.0753. The topological polar surface area (TPSA) is 46.5 Å². The second kappa shape index (κ2) is 19.5. The summed E-state index contributed by atoms with van der Waals surface area (Å²) in [6, 6.07) is 0. The predicted molar refractivity (Wildman–Crippen MR) is 204 cm³/mol. The lowest BCUT2D eigenvalue weighted by Gasteiger charge is -2.59. The fraction of sp³-hybridized carbons (Fsp3) is 0.889. The van der Waals surface area contributed by atoms with Gasteiger partial charge in [0, 0.05) is 12.8 Å². The Morgan fingerprint density at radius 3 is 2.19 bits per heavy atom. The number of fused-ring (bicyclic) bond motifs is 5. The average Bonchev–Trinajstić information content (AvgIpc) is 3.40. The van der Waals surface area contributed by atoms with Crippen molar-refractivity contribution >= 4 is 5.97 Å². The van der Waals surface area contributed by atoms with Crippen LogP contribution < -0.4 is 0 Å². The molecule has 4 rings (SSSR count). The van der Waals surface area contributed by atoms with Crippen LogP contribution in [0.3, 0.4) is 0 Å². The van der Waals surface area contributed by atoms with E-state index in [4.69, 9.17) is 4.74 Å². The number of esters is 1. The minimum absolute atomic E-state index is 0.0102. The Balaban J connectivity index is 1.15. The van der Waals surface area contributed by atoms with Gasteiger partial charge in [-0.15, -0.1) is 0 Å². The van der Waals surface area contributed by atoms with Crippen molar-refractivity contribution in [3.63, 3.8) is 0 Å². The van der Waals surface area contributed by atoms with Crippen molar-refractivity contribution in [2.45, 2.75) is 208 Å². The van der Waals surface area contributed by atoms with Crippen LogP contribution in [0, 0.1) is 46.3 Å². The largest absolute Gasteiger partial charge is 0.462 e. The van der Waals surface area contributed by atoms with Crippen molar-refractivity contribution in [2.75, 3.05) is 0 Å². The summed E-state index contributed by atoms with van der Waals surface area (Å²) in [5.41, 5.74) is 1.91. The number of ether oxygens (including phenoxy) is 1. The lowest BCUT2D eigenvalue weighted by molar-refractivity contribution is -0.152. The molecular weight excluding hydrogens is 588 g/mol. The summed E-state index contributed by atoms with van der Waals surface area (Å²) >= 11 is 0. The SMILES string of the molecule is CCCCCCCC/C=C\CCCCCCCC(=O)O[C@H]1CC[C@@]2(C)C(=C[C@@H](O)[C@H]3[C@@H]4CC[C@H]([C@H](C)CCCC(C)C)[C@@]4(C)CC[C@@H]32)C1. The van der Waals surface area contributed by atoms with Crippen LogP contribution in [0.5, 0.6) is 0 Å². The maximum atomic E-state index is 12.8. The van der Waals surface area contributed by atoms with E-state index in [-0.39, 0.29) is 23.6 Å². The van der Waals surface area contributed by atoms with Crippen molar-refractivity contribution in [2.24, 2.45) is 46.3 Å². The van der Waals surface area contributed by atoms with E-state index in [2.05, 4.69) is 59.8 Å². The summed E-state index contributed by atoms with van der Waals surface area (Å²) in [6.45, 7) is 14.6. The standard InChI is InChI=1S/C45H78O3/c1-7-8-9-10-11-12-13-14-15-16-17-18-19-20-21-25-42(47)48-37-28-30-44(5)36(32-37)33-41(46)43-39-27-26-38(35(4)24-22-23-34(2)3)45(39,6)31-29-40(43)44/h14-15,33-35,37-41,43,46H,7-13,16-32H2,1-6H3/b15-14-/t35-,37+,38-,39+,40+,41-,43+,44+,45-/m1/s1. The van der Waals surface area contributed by atoms with Gasteiger partial charge in [0.15, 0.2) is 0 Å². The van der Waals surface area contributed by atoms with Gasteiger partial charge in [-0.2, -0.15) is 0 Å². The summed E-state index contributed by atoms with van der Waals surface area (Å²) in [5, 5.41) is 11.7. The highest BCUT2D eigenvalue weighted by Gasteiger charge is 2.61. The Kier molecular flexibility index (Phi) is 16.1. The van der Waals surface area contributed by atoms with Crippen LogP contribution in [-0.2, 0) is 9.53 Å². The summed E-state index contributed by atoms with van der Waals surface area (Å²) in [5.74, 6) is 3.98. The molecule has 0 aromatic rings. The van der Waals surface area contributed by atoms with Crippen LogP contribution in [0.2, 0.25) is 0 Å². The Morgan fingerprint density at radius 1 is 0.833 bits per heavy atom. The molecule has 1 N–H and O–H groups in total. The Hall–Kier alpha value is -1.09. The van der Waals surface area contributed by atoms with Gasteiger partial charge in [-0.3, -0.25) is 4.79 Å². The molecule has 4 aliphatic carbocycles. The van der Waals surface area contributed by atoms with Gasteiger partial charge in [0.05, 0.1) is 6.10 Å². The highest BCUT2D eigenvalue weighted by Crippen LogP contribution is 2.67. The molecule has 9 atom stereocenters. The second-order valence-electron chi connectivity index (χ2n) is 18.1. The molecule has 0 radical (unpaired) electrons. The third-order valence-electron chi connectivity index (χ3n) is 14.2. The fourth-order valence-electron chi connectivity index (χ4n) is 11.3. The molecule has 0 unspecified atom stereocenters. The maximum absolute atomic E-state index is 12.8. The van der Waals surface area contributed by atoms with Crippen LogP contribution >= 0.6 is 0 Å². The summed E-state index contributed by atoms with van der Waals surface area (Å²) in [6.07, 6.45) is 35.9. The van der Waals surface area contributed by atoms with E-state index in [1.54, 1.807) is 0 Å². The van der Waals surface area contributed by atoms with Gasteiger partial charge in [0.1, 0.15) is 6.10 Å². The van der Waals surface area contributed by atoms with E-state index < -0.39 is 0 Å². The van der Waals surface area contributed by atoms with Crippen LogP contribution in [0.4, 0.5) is 0 Å². The van der Waals surface area contributed by atoms with Gasteiger partial charge in [-0.05, 0) is 117 Å². The molecule has 3 nitrogen and oxygen atoms in total. The lowest BCUT2D eigenvalue weighted by Crippen LogP contribution is -2.55. The van der Waals surface area contributed by atoms with E-state index in [0.29, 0.717) is 29.6 Å². The molecule has 0 saturated heterocycles. The monoisotopic (exact) mass is 667 g/mol. The molecule has 0 aromatic heterocycles. The van der Waals surface area contributed by atoms with E-state index in [1.807, 2.05) is 0 Å². The van der Waals surface area contributed by atoms with Crippen LogP contribution in [0.25, 0.3) is 0 Å². The van der Waals surface area contributed by atoms with E-state index in [9.17, 15) is 9.90 Å². The van der Waals surface area contributed by atoms with E-state index in [0.717, 1.165) is 49.9 Å². The van der Waals surface area contributed by atoms with Gasteiger partial charge in [0.2, 0.25) is 0 Å². The number of carbonyl (C=O) groups is 1. The molecule has 4 aliphatic rings. The molecule has 3 heteroatoms.